The number of aliphatic hydroxyl groups excluding tert-OH is 1. The van der Waals surface area contributed by atoms with E-state index in [1.165, 1.54) is 4.88 Å². The van der Waals surface area contributed by atoms with Gasteiger partial charge in [-0.15, -0.1) is 11.3 Å². The first-order valence-electron chi connectivity index (χ1n) is 9.95. The van der Waals surface area contributed by atoms with Crippen LogP contribution in [-0.4, -0.2) is 54.7 Å². The number of nitrogens with one attached hydrogen (secondary N) is 1. The molecule has 0 atom stereocenters. The zero-order valence-corrected chi connectivity index (χ0v) is 16.7. The minimum atomic E-state index is -0.351. The molecule has 3 heterocycles. The molecule has 4 rings (SSSR count). The Morgan fingerprint density at radius 1 is 1.30 bits per heavy atom. The van der Waals surface area contributed by atoms with E-state index >= 15 is 0 Å². The average Bonchev–Trinajstić information content (AvgIpc) is 3.35. The zero-order valence-electron chi connectivity index (χ0n) is 15.9. The normalized spacial score (nSPS) is 22.4. The van der Waals surface area contributed by atoms with Crippen LogP contribution in [0.15, 0.2) is 6.07 Å². The maximum atomic E-state index is 12.6. The lowest BCUT2D eigenvalue weighted by atomic mass is 9.82. The molecule has 1 spiro atoms. The van der Waals surface area contributed by atoms with E-state index in [-0.39, 0.29) is 29.4 Å². The molecule has 1 aliphatic carbocycles. The summed E-state index contributed by atoms with van der Waals surface area (Å²) in [4.78, 5) is 28.5. The Bertz CT molecular complexity index is 732. The van der Waals surface area contributed by atoms with Crippen LogP contribution < -0.4 is 5.32 Å². The van der Waals surface area contributed by atoms with Gasteiger partial charge in [0.1, 0.15) is 0 Å². The first-order chi connectivity index (χ1) is 13.0. The number of carbonyl (C=O) groups excluding carboxylic acids is 2. The van der Waals surface area contributed by atoms with Crippen molar-refractivity contribution in [2.45, 2.75) is 51.0 Å². The number of carbonyl (C=O) groups is 2. The molecular weight excluding hydrogens is 364 g/mol. The standard InChI is InChI=1S/C20H28N2O4S/c1-2-17(24)22-8-6-20(7-9-22)14-11-16(27-15(14)3-10-26-20)18(25)21-12-19(13-23)4-5-19/h11,23H,2-10,12-13H2,1H3,(H,21,25). The van der Waals surface area contributed by atoms with Gasteiger partial charge in [-0.1, -0.05) is 6.92 Å². The van der Waals surface area contributed by atoms with Gasteiger partial charge in [0.15, 0.2) is 0 Å². The van der Waals surface area contributed by atoms with Crippen LogP contribution in [0, 0.1) is 5.41 Å². The quantitative estimate of drug-likeness (QED) is 0.804. The molecule has 2 aliphatic heterocycles. The molecule has 2 N–H and O–H groups in total. The highest BCUT2D eigenvalue weighted by atomic mass is 32.1. The average molecular weight is 393 g/mol. The highest BCUT2D eigenvalue weighted by Gasteiger charge is 2.44. The van der Waals surface area contributed by atoms with E-state index in [0.29, 0.717) is 32.7 Å². The van der Waals surface area contributed by atoms with Crippen molar-refractivity contribution < 1.29 is 19.4 Å². The highest BCUT2D eigenvalue weighted by molar-refractivity contribution is 7.14. The molecule has 7 heteroatoms. The Morgan fingerprint density at radius 3 is 2.67 bits per heavy atom. The molecule has 3 aliphatic rings. The van der Waals surface area contributed by atoms with Crippen molar-refractivity contribution in [1.82, 2.24) is 10.2 Å². The van der Waals surface area contributed by atoms with Crippen LogP contribution in [0.1, 0.15) is 59.1 Å². The highest BCUT2D eigenvalue weighted by Crippen LogP contribution is 2.46. The molecule has 0 aromatic carbocycles. The van der Waals surface area contributed by atoms with Crippen molar-refractivity contribution in [1.29, 1.82) is 0 Å². The summed E-state index contributed by atoms with van der Waals surface area (Å²) in [5, 5.41) is 12.4. The molecule has 0 radical (unpaired) electrons. The number of hydrogen-bond acceptors (Lipinski definition) is 5. The van der Waals surface area contributed by atoms with Crippen molar-refractivity contribution in [3.8, 4) is 0 Å². The maximum Gasteiger partial charge on any atom is 0.261 e. The van der Waals surface area contributed by atoms with Gasteiger partial charge in [0.05, 0.1) is 23.7 Å². The van der Waals surface area contributed by atoms with E-state index in [2.05, 4.69) is 5.32 Å². The molecule has 2 fully saturated rings. The summed E-state index contributed by atoms with van der Waals surface area (Å²) in [7, 11) is 0. The fourth-order valence-corrected chi connectivity index (χ4v) is 5.35. The summed E-state index contributed by atoms with van der Waals surface area (Å²) >= 11 is 1.57. The molecule has 1 aromatic heterocycles. The lowest BCUT2D eigenvalue weighted by Gasteiger charge is -2.44. The maximum absolute atomic E-state index is 12.6. The number of aliphatic hydroxyl groups is 1. The lowest BCUT2D eigenvalue weighted by Crippen LogP contribution is -2.47. The monoisotopic (exact) mass is 392 g/mol. The van der Waals surface area contributed by atoms with Gasteiger partial charge in [-0.25, -0.2) is 0 Å². The summed E-state index contributed by atoms with van der Waals surface area (Å²) in [5.41, 5.74) is 0.710. The molecule has 1 saturated carbocycles. The zero-order chi connectivity index (χ0) is 19.1. The molecule has 0 unspecified atom stereocenters. The van der Waals surface area contributed by atoms with Gasteiger partial charge in [0.2, 0.25) is 5.91 Å². The molecule has 27 heavy (non-hydrogen) atoms. The Labute approximate surface area is 163 Å². The van der Waals surface area contributed by atoms with Gasteiger partial charge in [-0.2, -0.15) is 0 Å². The minimum absolute atomic E-state index is 0.0529. The third-order valence-electron chi connectivity index (χ3n) is 6.37. The summed E-state index contributed by atoms with van der Waals surface area (Å²) in [6, 6.07) is 2.00. The third kappa shape index (κ3) is 3.52. The van der Waals surface area contributed by atoms with E-state index in [0.717, 1.165) is 42.5 Å². The topological polar surface area (TPSA) is 78.9 Å². The van der Waals surface area contributed by atoms with Crippen molar-refractivity contribution in [2.24, 2.45) is 5.41 Å². The van der Waals surface area contributed by atoms with E-state index in [4.69, 9.17) is 4.74 Å². The van der Waals surface area contributed by atoms with Gasteiger partial charge in [0.25, 0.3) is 5.91 Å². The molecule has 148 valence electrons. The van der Waals surface area contributed by atoms with Gasteiger partial charge >= 0.3 is 0 Å². The Balaban J connectivity index is 1.47. The van der Waals surface area contributed by atoms with E-state index in [1.54, 1.807) is 11.3 Å². The molecular formula is C20H28N2O4S. The largest absolute Gasteiger partial charge is 0.396 e. The molecule has 1 aromatic rings. The van der Waals surface area contributed by atoms with Gasteiger partial charge in [-0.3, -0.25) is 9.59 Å². The van der Waals surface area contributed by atoms with Crippen LogP contribution in [0.5, 0.6) is 0 Å². The number of amides is 2. The number of rotatable bonds is 5. The predicted molar refractivity (Wildman–Crippen MR) is 103 cm³/mol. The molecule has 0 bridgehead atoms. The van der Waals surface area contributed by atoms with Crippen LogP contribution in [-0.2, 0) is 21.6 Å². The lowest BCUT2D eigenvalue weighted by molar-refractivity contribution is -0.140. The summed E-state index contributed by atoms with van der Waals surface area (Å²) in [5.74, 6) is 0.145. The first-order valence-corrected chi connectivity index (χ1v) is 10.8. The van der Waals surface area contributed by atoms with Crippen LogP contribution in [0.2, 0.25) is 0 Å². The second kappa shape index (κ2) is 7.18. The number of ether oxygens (including phenoxy) is 1. The Morgan fingerprint density at radius 2 is 2.04 bits per heavy atom. The van der Waals surface area contributed by atoms with Crippen molar-refractivity contribution in [2.75, 3.05) is 32.8 Å². The number of thiophene rings is 1. The Hall–Kier alpha value is -1.44. The van der Waals surface area contributed by atoms with Gasteiger partial charge in [-0.05, 0) is 37.3 Å². The first kappa shape index (κ1) is 18.9. The van der Waals surface area contributed by atoms with Crippen LogP contribution in [0.3, 0.4) is 0 Å². The van der Waals surface area contributed by atoms with Gasteiger partial charge < -0.3 is 20.1 Å². The van der Waals surface area contributed by atoms with E-state index in [9.17, 15) is 14.7 Å². The van der Waals surface area contributed by atoms with E-state index < -0.39 is 0 Å². The fraction of sp³-hybridized carbons (Fsp3) is 0.700. The number of fused-ring (bicyclic) bond motifs is 2. The van der Waals surface area contributed by atoms with Gasteiger partial charge in [0, 0.05) is 42.8 Å². The summed E-state index contributed by atoms with van der Waals surface area (Å²) < 4.78 is 6.23. The Kier molecular flexibility index (Phi) is 5.03. The van der Waals surface area contributed by atoms with Crippen LogP contribution >= 0.6 is 11.3 Å². The fourth-order valence-electron chi connectivity index (χ4n) is 4.21. The molecule has 2 amide bonds. The third-order valence-corrected chi connectivity index (χ3v) is 7.57. The van der Waals surface area contributed by atoms with Crippen molar-refractivity contribution in [3.05, 3.63) is 21.4 Å². The second-order valence-corrected chi connectivity index (χ2v) is 9.25. The SMILES string of the molecule is CCC(=O)N1CCC2(CC1)OCCc1sc(C(=O)NCC3(CO)CC3)cc12. The van der Waals surface area contributed by atoms with Crippen LogP contribution in [0.25, 0.3) is 0 Å². The smallest absolute Gasteiger partial charge is 0.261 e. The van der Waals surface area contributed by atoms with Crippen molar-refractivity contribution in [3.63, 3.8) is 0 Å². The molecule has 6 nitrogen and oxygen atoms in total. The number of nitrogens with zero attached hydrogens (tertiary/aromatic N) is 1. The summed E-state index contributed by atoms with van der Waals surface area (Å²) in [6.07, 6.45) is 4.92. The van der Waals surface area contributed by atoms with Crippen LogP contribution in [0.4, 0.5) is 0 Å². The second-order valence-electron chi connectivity index (χ2n) is 8.12. The predicted octanol–water partition coefficient (Wildman–Crippen LogP) is 2.05. The van der Waals surface area contributed by atoms with E-state index in [1.807, 2.05) is 17.9 Å². The number of likely N-dealkylation sites (tertiary alicyclic amines) is 1. The van der Waals surface area contributed by atoms with Crippen molar-refractivity contribution >= 4 is 23.2 Å². The number of piperidine rings is 1. The minimum Gasteiger partial charge on any atom is -0.396 e. The molecule has 1 saturated heterocycles. The summed E-state index contributed by atoms with van der Waals surface area (Å²) in [6.45, 7) is 4.67. The number of hydrogen-bond donors (Lipinski definition) is 2.